The van der Waals surface area contributed by atoms with Crippen LogP contribution in [0.2, 0.25) is 0 Å². The molecule has 2 rings (SSSR count). The molecule has 0 spiro atoms. The van der Waals surface area contributed by atoms with Gasteiger partial charge in [-0.3, -0.25) is 0 Å². The van der Waals surface area contributed by atoms with Crippen molar-refractivity contribution in [2.75, 3.05) is 6.54 Å². The van der Waals surface area contributed by atoms with E-state index in [0.717, 1.165) is 38.2 Å². The Bertz CT molecular complexity index is 533. The molecule has 0 saturated carbocycles. The quantitative estimate of drug-likeness (QED) is 0.858. The lowest BCUT2D eigenvalue weighted by Crippen LogP contribution is -2.40. The Morgan fingerprint density at radius 1 is 1.42 bits per heavy atom. The Kier molecular flexibility index (Phi) is 4.52. The molecule has 0 radical (unpaired) electrons. The predicted molar refractivity (Wildman–Crippen MR) is 70.6 cm³/mol. The maximum atomic E-state index is 13.7. The van der Waals surface area contributed by atoms with Gasteiger partial charge < -0.3 is 0 Å². The van der Waals surface area contributed by atoms with Crippen LogP contribution in [0.15, 0.2) is 23.4 Å². The van der Waals surface area contributed by atoms with Gasteiger partial charge in [-0.05, 0) is 31.4 Å². The van der Waals surface area contributed by atoms with E-state index in [4.69, 9.17) is 0 Å². The van der Waals surface area contributed by atoms with Gasteiger partial charge in [0.15, 0.2) is 5.82 Å². The lowest BCUT2D eigenvalue weighted by Gasteiger charge is -2.27. The number of nitrogens with zero attached hydrogens (tertiary/aromatic N) is 2. The summed E-state index contributed by atoms with van der Waals surface area (Å²) in [6.07, 6.45) is 5.76. The van der Waals surface area contributed by atoms with Crippen LogP contribution < -0.4 is 0 Å². The normalized spacial score (nSPS) is 22.1. The molecule has 4 nitrogen and oxygen atoms in total. The van der Waals surface area contributed by atoms with Crippen LogP contribution in [0.5, 0.6) is 0 Å². The lowest BCUT2D eigenvalue weighted by molar-refractivity contribution is 0.312. The van der Waals surface area contributed by atoms with Crippen LogP contribution >= 0.6 is 0 Å². The van der Waals surface area contributed by atoms with Gasteiger partial charge in [0.05, 0.1) is 0 Å². The highest BCUT2D eigenvalue weighted by Gasteiger charge is 2.34. The maximum absolute atomic E-state index is 13.7. The van der Waals surface area contributed by atoms with Gasteiger partial charge in [0.1, 0.15) is 0 Å². The van der Waals surface area contributed by atoms with E-state index in [1.165, 1.54) is 16.6 Å². The number of pyridine rings is 1. The molecule has 1 aliphatic heterocycles. The average molecular weight is 286 g/mol. The number of hydrogen-bond donors (Lipinski definition) is 0. The maximum Gasteiger partial charge on any atom is 0.263 e. The third-order valence-corrected chi connectivity index (χ3v) is 5.46. The molecule has 1 aromatic rings. The van der Waals surface area contributed by atoms with Gasteiger partial charge in [0, 0.05) is 18.8 Å². The molecule has 0 bridgehead atoms. The van der Waals surface area contributed by atoms with Crippen molar-refractivity contribution < 1.29 is 12.8 Å². The molecule has 2 heterocycles. The monoisotopic (exact) mass is 286 g/mol. The molecule has 1 fully saturated rings. The summed E-state index contributed by atoms with van der Waals surface area (Å²) in [4.78, 5) is 3.72. The zero-order valence-corrected chi connectivity index (χ0v) is 11.9. The molecule has 106 valence electrons. The fourth-order valence-electron chi connectivity index (χ4n) is 2.55. The third-order valence-electron chi connectivity index (χ3n) is 3.57. The molecular formula is C13H19FN2O2S. The minimum atomic E-state index is -3.83. The van der Waals surface area contributed by atoms with Crippen molar-refractivity contribution >= 4 is 10.0 Å². The van der Waals surface area contributed by atoms with E-state index >= 15 is 0 Å². The first-order valence-corrected chi connectivity index (χ1v) is 8.13. The summed E-state index contributed by atoms with van der Waals surface area (Å²) in [6, 6.07) is 2.49. The summed E-state index contributed by atoms with van der Waals surface area (Å²) >= 11 is 0. The van der Waals surface area contributed by atoms with E-state index < -0.39 is 20.9 Å². The minimum Gasteiger partial charge on any atom is -0.241 e. The highest BCUT2D eigenvalue weighted by molar-refractivity contribution is 7.89. The standard InChI is InChI=1S/C13H19FN2O2S/c1-2-11-7-4-3-5-10-16(11)19(17,18)13-12(14)8-6-9-15-13/h6,8-9,11H,2-5,7,10H2,1H3. The predicted octanol–water partition coefficient (Wildman–Crippen LogP) is 2.56. The van der Waals surface area contributed by atoms with Crippen molar-refractivity contribution in [3.63, 3.8) is 0 Å². The molecule has 1 aromatic heterocycles. The van der Waals surface area contributed by atoms with E-state index in [2.05, 4.69) is 4.98 Å². The minimum absolute atomic E-state index is 0.0473. The number of hydrogen-bond acceptors (Lipinski definition) is 3. The molecule has 0 amide bonds. The van der Waals surface area contributed by atoms with Gasteiger partial charge in [-0.25, -0.2) is 17.8 Å². The van der Waals surface area contributed by atoms with Gasteiger partial charge >= 0.3 is 0 Å². The Morgan fingerprint density at radius 2 is 2.21 bits per heavy atom. The van der Waals surface area contributed by atoms with E-state index in [-0.39, 0.29) is 6.04 Å². The van der Waals surface area contributed by atoms with Crippen molar-refractivity contribution in [3.8, 4) is 0 Å². The van der Waals surface area contributed by atoms with Crippen LogP contribution in [0.3, 0.4) is 0 Å². The Labute approximate surface area is 113 Å². The molecule has 19 heavy (non-hydrogen) atoms. The molecule has 1 atom stereocenters. The zero-order valence-electron chi connectivity index (χ0n) is 11.0. The molecule has 0 N–H and O–H groups in total. The number of halogens is 1. The van der Waals surface area contributed by atoms with Crippen molar-refractivity contribution in [2.24, 2.45) is 0 Å². The molecule has 1 aliphatic rings. The topological polar surface area (TPSA) is 50.3 Å². The van der Waals surface area contributed by atoms with Gasteiger partial charge in [-0.2, -0.15) is 4.31 Å². The summed E-state index contributed by atoms with van der Waals surface area (Å²) in [7, 11) is -3.83. The van der Waals surface area contributed by atoms with Gasteiger partial charge in [-0.1, -0.05) is 19.8 Å². The second-order valence-corrected chi connectivity index (χ2v) is 6.62. The van der Waals surface area contributed by atoms with E-state index in [1.807, 2.05) is 6.92 Å². The second kappa shape index (κ2) is 5.96. The Hall–Kier alpha value is -1.01. The van der Waals surface area contributed by atoms with Crippen LogP contribution in [-0.4, -0.2) is 30.3 Å². The highest BCUT2D eigenvalue weighted by Crippen LogP contribution is 2.26. The van der Waals surface area contributed by atoms with Crippen molar-refractivity contribution in [3.05, 3.63) is 24.1 Å². The summed E-state index contributed by atoms with van der Waals surface area (Å²) in [5.41, 5.74) is 0. The van der Waals surface area contributed by atoms with Crippen molar-refractivity contribution in [1.29, 1.82) is 0 Å². The summed E-state index contributed by atoms with van der Waals surface area (Å²) < 4.78 is 40.2. The smallest absolute Gasteiger partial charge is 0.241 e. The van der Waals surface area contributed by atoms with Crippen LogP contribution in [0.4, 0.5) is 4.39 Å². The number of sulfonamides is 1. The fraction of sp³-hybridized carbons (Fsp3) is 0.615. The first-order valence-electron chi connectivity index (χ1n) is 6.69. The average Bonchev–Trinajstić information content (AvgIpc) is 2.64. The Balaban J connectivity index is 2.39. The molecule has 6 heteroatoms. The van der Waals surface area contributed by atoms with Crippen molar-refractivity contribution in [2.45, 2.75) is 50.1 Å². The van der Waals surface area contributed by atoms with Crippen LogP contribution in [0.1, 0.15) is 39.0 Å². The lowest BCUT2D eigenvalue weighted by atomic mass is 10.1. The third kappa shape index (κ3) is 2.95. The fourth-order valence-corrected chi connectivity index (χ4v) is 4.29. The molecule has 0 aliphatic carbocycles. The van der Waals surface area contributed by atoms with E-state index in [0.29, 0.717) is 6.54 Å². The van der Waals surface area contributed by atoms with Gasteiger partial charge in [-0.15, -0.1) is 0 Å². The van der Waals surface area contributed by atoms with Crippen LogP contribution in [0, 0.1) is 5.82 Å². The first kappa shape index (κ1) is 14.4. The summed E-state index contributed by atoms with van der Waals surface area (Å²) in [5, 5.41) is -0.449. The molecule has 0 aromatic carbocycles. The first-order chi connectivity index (χ1) is 9.07. The van der Waals surface area contributed by atoms with Crippen LogP contribution in [-0.2, 0) is 10.0 Å². The number of aromatic nitrogens is 1. The zero-order chi connectivity index (χ0) is 13.9. The van der Waals surface area contributed by atoms with Gasteiger partial charge in [0.2, 0.25) is 5.03 Å². The van der Waals surface area contributed by atoms with Crippen LogP contribution in [0.25, 0.3) is 0 Å². The van der Waals surface area contributed by atoms with E-state index in [9.17, 15) is 12.8 Å². The van der Waals surface area contributed by atoms with E-state index in [1.54, 1.807) is 0 Å². The van der Waals surface area contributed by atoms with Gasteiger partial charge in [0.25, 0.3) is 10.0 Å². The highest BCUT2D eigenvalue weighted by atomic mass is 32.2. The Morgan fingerprint density at radius 3 is 2.89 bits per heavy atom. The second-order valence-electron chi connectivity index (χ2n) is 4.82. The summed E-state index contributed by atoms with van der Waals surface area (Å²) in [5.74, 6) is -0.776. The largest absolute Gasteiger partial charge is 0.263 e. The summed E-state index contributed by atoms with van der Waals surface area (Å²) in [6.45, 7) is 2.42. The molecular weight excluding hydrogens is 267 g/mol. The number of rotatable bonds is 3. The molecule has 1 saturated heterocycles. The SMILES string of the molecule is CCC1CCCCCN1S(=O)(=O)c1ncccc1F. The molecule has 1 unspecified atom stereocenters. The van der Waals surface area contributed by atoms with Crippen molar-refractivity contribution in [1.82, 2.24) is 9.29 Å².